The quantitative estimate of drug-likeness (QED) is 0.853. The Bertz CT molecular complexity index is 544. The smallest absolute Gasteiger partial charge is 0.0897 e. The molecule has 2 rings (SSSR count). The summed E-state index contributed by atoms with van der Waals surface area (Å²) < 4.78 is 1.99. The van der Waals surface area contributed by atoms with Gasteiger partial charge in [-0.05, 0) is 32.9 Å². The number of rotatable bonds is 7. The second kappa shape index (κ2) is 6.99. The van der Waals surface area contributed by atoms with Crippen LogP contribution >= 0.6 is 11.3 Å². The Hall–Kier alpha value is -1.20. The minimum atomic E-state index is 0.422. The molecule has 2 heterocycles. The van der Waals surface area contributed by atoms with Gasteiger partial charge in [0.2, 0.25) is 0 Å². The Kier molecular flexibility index (Phi) is 5.31. The Morgan fingerprint density at radius 1 is 1.35 bits per heavy atom. The van der Waals surface area contributed by atoms with Crippen molar-refractivity contribution in [1.29, 1.82) is 0 Å². The summed E-state index contributed by atoms with van der Waals surface area (Å²) in [6.45, 7) is 7.35. The molecule has 0 aliphatic carbocycles. The largest absolute Gasteiger partial charge is 0.313 e. The number of thiazole rings is 1. The highest BCUT2D eigenvalue weighted by Crippen LogP contribution is 2.13. The first-order chi connectivity index (χ1) is 9.58. The van der Waals surface area contributed by atoms with Crippen molar-refractivity contribution in [3.8, 4) is 0 Å². The Labute approximate surface area is 125 Å². The second-order valence-electron chi connectivity index (χ2n) is 5.32. The van der Waals surface area contributed by atoms with Crippen LogP contribution in [0.15, 0.2) is 11.4 Å². The molecule has 1 atom stereocenters. The average molecular weight is 292 g/mol. The Morgan fingerprint density at radius 2 is 2.15 bits per heavy atom. The summed E-state index contributed by atoms with van der Waals surface area (Å²) in [6.07, 6.45) is 3.12. The molecule has 1 unspecified atom stereocenters. The summed E-state index contributed by atoms with van der Waals surface area (Å²) in [5.41, 5.74) is 3.56. The molecule has 0 spiro atoms. The van der Waals surface area contributed by atoms with E-state index in [0.717, 1.165) is 36.5 Å². The lowest BCUT2D eigenvalue weighted by atomic mass is 10.1. The fraction of sp³-hybridized carbons (Fsp3) is 0.600. The van der Waals surface area contributed by atoms with Crippen molar-refractivity contribution in [2.24, 2.45) is 7.05 Å². The number of hydrogen-bond donors (Lipinski definition) is 1. The first-order valence-electron chi connectivity index (χ1n) is 7.22. The van der Waals surface area contributed by atoms with Crippen LogP contribution in [0.2, 0.25) is 0 Å². The Morgan fingerprint density at radius 3 is 2.70 bits per heavy atom. The lowest BCUT2D eigenvalue weighted by molar-refractivity contribution is 0.487. The topological polar surface area (TPSA) is 42.7 Å². The molecule has 0 saturated heterocycles. The van der Waals surface area contributed by atoms with Gasteiger partial charge >= 0.3 is 0 Å². The molecule has 110 valence electrons. The zero-order valence-corrected chi connectivity index (χ0v) is 13.6. The molecule has 4 nitrogen and oxygen atoms in total. The van der Waals surface area contributed by atoms with Gasteiger partial charge in [-0.1, -0.05) is 6.92 Å². The van der Waals surface area contributed by atoms with Gasteiger partial charge in [0.05, 0.1) is 16.4 Å². The van der Waals surface area contributed by atoms with E-state index in [-0.39, 0.29) is 0 Å². The van der Waals surface area contributed by atoms with Crippen LogP contribution in [0.5, 0.6) is 0 Å². The molecule has 0 fully saturated rings. The van der Waals surface area contributed by atoms with Gasteiger partial charge in [0.1, 0.15) is 0 Å². The van der Waals surface area contributed by atoms with Gasteiger partial charge in [0, 0.05) is 37.0 Å². The monoisotopic (exact) mass is 292 g/mol. The zero-order chi connectivity index (χ0) is 14.5. The third-order valence-corrected chi connectivity index (χ3v) is 4.18. The predicted molar refractivity (Wildman–Crippen MR) is 84.3 cm³/mol. The van der Waals surface area contributed by atoms with Crippen LogP contribution in [0.4, 0.5) is 0 Å². The second-order valence-corrected chi connectivity index (χ2v) is 6.38. The predicted octanol–water partition coefficient (Wildman–Crippen LogP) is 2.65. The number of aromatic nitrogens is 3. The summed E-state index contributed by atoms with van der Waals surface area (Å²) in [4.78, 5) is 4.58. The highest BCUT2D eigenvalue weighted by atomic mass is 32.1. The van der Waals surface area contributed by atoms with E-state index in [4.69, 9.17) is 0 Å². The summed E-state index contributed by atoms with van der Waals surface area (Å²) in [7, 11) is 2.02. The van der Waals surface area contributed by atoms with Crippen molar-refractivity contribution in [3.05, 3.63) is 33.5 Å². The molecule has 0 aromatic carbocycles. The van der Waals surface area contributed by atoms with Crippen molar-refractivity contribution < 1.29 is 0 Å². The molecule has 2 aromatic heterocycles. The van der Waals surface area contributed by atoms with E-state index in [1.54, 1.807) is 11.3 Å². The molecule has 1 N–H and O–H groups in total. The molecule has 0 amide bonds. The van der Waals surface area contributed by atoms with E-state index >= 15 is 0 Å². The minimum Gasteiger partial charge on any atom is -0.313 e. The van der Waals surface area contributed by atoms with Crippen LogP contribution in [0.1, 0.15) is 35.4 Å². The normalized spacial score (nSPS) is 12.8. The maximum Gasteiger partial charge on any atom is 0.0897 e. The molecule has 5 heteroatoms. The molecular formula is C15H24N4S. The van der Waals surface area contributed by atoms with Crippen molar-refractivity contribution in [3.63, 3.8) is 0 Å². The van der Waals surface area contributed by atoms with Gasteiger partial charge in [0.25, 0.3) is 0 Å². The zero-order valence-electron chi connectivity index (χ0n) is 12.8. The third-order valence-electron chi connectivity index (χ3n) is 3.36. The summed E-state index contributed by atoms with van der Waals surface area (Å²) in [5.74, 6) is 0. The number of hydrogen-bond acceptors (Lipinski definition) is 4. The van der Waals surface area contributed by atoms with Gasteiger partial charge in [-0.25, -0.2) is 4.98 Å². The minimum absolute atomic E-state index is 0.422. The molecule has 0 aliphatic heterocycles. The highest BCUT2D eigenvalue weighted by Gasteiger charge is 2.14. The third kappa shape index (κ3) is 4.15. The highest BCUT2D eigenvalue weighted by molar-refractivity contribution is 7.09. The first-order valence-corrected chi connectivity index (χ1v) is 8.10. The van der Waals surface area contributed by atoms with Crippen LogP contribution in [0.3, 0.4) is 0 Å². The van der Waals surface area contributed by atoms with Gasteiger partial charge in [-0.3, -0.25) is 4.68 Å². The van der Waals surface area contributed by atoms with Crippen LogP contribution in [-0.4, -0.2) is 27.4 Å². The molecule has 0 aliphatic rings. The van der Waals surface area contributed by atoms with E-state index < -0.39 is 0 Å². The van der Waals surface area contributed by atoms with Crippen molar-refractivity contribution in [1.82, 2.24) is 20.1 Å². The van der Waals surface area contributed by atoms with E-state index in [1.165, 1.54) is 11.4 Å². The lowest BCUT2D eigenvalue weighted by Gasteiger charge is -2.17. The fourth-order valence-corrected chi connectivity index (χ4v) is 3.05. The lowest BCUT2D eigenvalue weighted by Crippen LogP contribution is -2.34. The fourth-order valence-electron chi connectivity index (χ4n) is 2.43. The number of aryl methyl sites for hydroxylation is 3. The maximum atomic E-state index is 4.58. The van der Waals surface area contributed by atoms with E-state index in [0.29, 0.717) is 6.04 Å². The number of nitrogens with zero attached hydrogens (tertiary/aromatic N) is 3. The first kappa shape index (κ1) is 15.2. The van der Waals surface area contributed by atoms with Crippen molar-refractivity contribution in [2.75, 3.05) is 6.54 Å². The van der Waals surface area contributed by atoms with Gasteiger partial charge < -0.3 is 5.32 Å². The van der Waals surface area contributed by atoms with Crippen LogP contribution < -0.4 is 5.32 Å². The van der Waals surface area contributed by atoms with Crippen LogP contribution in [0, 0.1) is 13.8 Å². The molecular weight excluding hydrogens is 268 g/mol. The van der Waals surface area contributed by atoms with Crippen molar-refractivity contribution in [2.45, 2.75) is 46.1 Å². The summed E-state index contributed by atoms with van der Waals surface area (Å²) in [5, 5.41) is 11.4. The van der Waals surface area contributed by atoms with Gasteiger partial charge in [0.15, 0.2) is 0 Å². The van der Waals surface area contributed by atoms with Gasteiger partial charge in [-0.15, -0.1) is 11.3 Å². The van der Waals surface area contributed by atoms with E-state index in [9.17, 15) is 0 Å². The number of nitrogens with one attached hydrogen (secondary N) is 1. The summed E-state index contributed by atoms with van der Waals surface area (Å²) in [6, 6.07) is 2.60. The standard InChI is InChI=1S/C15H24N4S/c1-5-6-16-13(8-14-10-20-12(3)17-14)9-15-7-11(2)18-19(15)4/h7,10,13,16H,5-6,8-9H2,1-4H3. The van der Waals surface area contributed by atoms with E-state index in [2.05, 4.69) is 40.7 Å². The van der Waals surface area contributed by atoms with E-state index in [1.807, 2.05) is 18.7 Å². The Balaban J connectivity index is 2.04. The average Bonchev–Trinajstić information content (AvgIpc) is 2.93. The summed E-state index contributed by atoms with van der Waals surface area (Å²) >= 11 is 1.73. The molecule has 0 saturated carbocycles. The molecule has 20 heavy (non-hydrogen) atoms. The van der Waals surface area contributed by atoms with Crippen molar-refractivity contribution >= 4 is 11.3 Å². The van der Waals surface area contributed by atoms with Gasteiger partial charge in [-0.2, -0.15) is 5.10 Å². The molecule has 2 aromatic rings. The van der Waals surface area contributed by atoms with Crippen LogP contribution in [-0.2, 0) is 19.9 Å². The SMILES string of the molecule is CCCNC(Cc1csc(C)n1)Cc1cc(C)nn1C. The van der Waals surface area contributed by atoms with Crippen LogP contribution in [0.25, 0.3) is 0 Å². The maximum absolute atomic E-state index is 4.58. The molecule has 0 bridgehead atoms. The molecule has 0 radical (unpaired) electrons.